The zero-order valence-corrected chi connectivity index (χ0v) is 31.4. The molecule has 0 atom stereocenters. The van der Waals surface area contributed by atoms with Gasteiger partial charge in [-0.25, -0.2) is 0 Å². The molecule has 0 fully saturated rings. The van der Waals surface area contributed by atoms with Crippen LogP contribution in [-0.2, 0) is 18.9 Å². The molecule has 0 unspecified atom stereocenters. The number of rotatable bonds is 26. The van der Waals surface area contributed by atoms with E-state index < -0.39 is 0 Å². The number of amides is 1. The van der Waals surface area contributed by atoms with Crippen molar-refractivity contribution in [1.29, 1.82) is 0 Å². The highest BCUT2D eigenvalue weighted by molar-refractivity contribution is 5.96. The molecule has 1 amide bonds. The minimum absolute atomic E-state index is 0.103. The van der Waals surface area contributed by atoms with Crippen LogP contribution in [0.25, 0.3) is 21.2 Å². The second-order valence-electron chi connectivity index (χ2n) is 12.3. The van der Waals surface area contributed by atoms with E-state index in [4.69, 9.17) is 24.5 Å². The van der Waals surface area contributed by atoms with Gasteiger partial charge in [0.25, 0.3) is 5.91 Å². The zero-order valence-electron chi connectivity index (χ0n) is 31.4. The Morgan fingerprint density at radius 2 is 1.32 bits per heavy atom. The van der Waals surface area contributed by atoms with Crippen molar-refractivity contribution in [3.63, 3.8) is 0 Å². The molecule has 0 radical (unpaired) electrons. The molecule has 1 heterocycles. The number of carbonyl (C=O) groups excluding carboxylic acids is 2. The molecule has 0 bridgehead atoms. The fourth-order valence-electron chi connectivity index (χ4n) is 5.35. The first-order chi connectivity index (χ1) is 28.0. The van der Waals surface area contributed by atoms with Crippen LogP contribution in [0.3, 0.4) is 0 Å². The number of azide groups is 1. The largest absolute Gasteiger partial charge is 0.507 e. The van der Waals surface area contributed by atoms with E-state index in [2.05, 4.69) is 46.2 Å². The molecule has 0 saturated carbocycles. The Kier molecular flexibility index (Phi) is 17.3. The van der Waals surface area contributed by atoms with Gasteiger partial charge in [-0.2, -0.15) is 15.0 Å². The molecule has 57 heavy (non-hydrogen) atoms. The van der Waals surface area contributed by atoms with Gasteiger partial charge in [-0.3, -0.25) is 9.59 Å². The number of fused-ring (bicyclic) bond motifs is 1. The lowest BCUT2D eigenvalue weighted by Crippen LogP contribution is -2.27. The number of nitrogens with one attached hydrogen (secondary N) is 4. The summed E-state index contributed by atoms with van der Waals surface area (Å²) < 4.78 is 22.1. The monoisotopic (exact) mass is 778 g/mol. The Hall–Kier alpha value is -6.36. The number of phenolic OH excluding ortho intramolecular Hbond substituents is 1. The first-order valence-corrected chi connectivity index (χ1v) is 18.5. The number of phenols is 1. The van der Waals surface area contributed by atoms with Crippen LogP contribution in [0.2, 0.25) is 0 Å². The fraction of sp³-hybridized carbons (Fsp3) is 0.325. The summed E-state index contributed by atoms with van der Waals surface area (Å²) in [7, 11) is 0. The van der Waals surface area contributed by atoms with Gasteiger partial charge in [0, 0.05) is 65.5 Å². The maximum atomic E-state index is 12.7. The third-order valence-electron chi connectivity index (χ3n) is 8.14. The number of Topliss-reactive ketones (excluding diaryl/α,β-unsaturated/α-hetero) is 1. The lowest BCUT2D eigenvalue weighted by molar-refractivity contribution is 0.0497. The SMILES string of the molecule is [N-]=[N+]=NCCOCCOCCNC(=O)c1ccc(Nc2nc(NCCOCCOCCCC(=O)c3ccccc3)nc(Nc3ccc4c(O)cccc4c3)n2)cc1. The third-order valence-corrected chi connectivity index (χ3v) is 8.14. The summed E-state index contributed by atoms with van der Waals surface area (Å²) in [4.78, 5) is 41.2. The van der Waals surface area contributed by atoms with Gasteiger partial charge in [-0.05, 0) is 65.9 Å². The summed E-state index contributed by atoms with van der Waals surface area (Å²) in [6, 6.07) is 26.9. The lowest BCUT2D eigenvalue weighted by atomic mass is 10.1. The standard InChI is InChI=1S/C40H46N10O7/c41-50-44-19-23-57-27-26-55-21-17-42-37(53)30-11-13-32(14-12-30)45-39-47-38(48-40(49-39)46-33-15-16-34-31(28-33)8-4-9-36(34)52)43-18-22-56-25-24-54-20-5-10-35(51)29-6-2-1-3-7-29/h1-4,6-9,11-16,28,52H,5,10,17-27H2,(H,42,53)(H3,43,45,46,47,48,49). The van der Waals surface area contributed by atoms with Gasteiger partial charge < -0.3 is 45.3 Å². The number of aromatic nitrogens is 3. The fourth-order valence-corrected chi connectivity index (χ4v) is 5.35. The van der Waals surface area contributed by atoms with E-state index >= 15 is 0 Å². The van der Waals surface area contributed by atoms with Crippen LogP contribution in [0, 0.1) is 0 Å². The summed E-state index contributed by atoms with van der Waals surface area (Å²) in [6.07, 6.45) is 1.07. The number of anilines is 5. The summed E-state index contributed by atoms with van der Waals surface area (Å²) in [5.41, 5.74) is 10.8. The van der Waals surface area contributed by atoms with Crippen molar-refractivity contribution in [3.05, 3.63) is 113 Å². The van der Waals surface area contributed by atoms with Crippen LogP contribution in [0.5, 0.6) is 5.75 Å². The van der Waals surface area contributed by atoms with Gasteiger partial charge in [0.05, 0.1) is 46.2 Å². The van der Waals surface area contributed by atoms with Crippen molar-refractivity contribution >= 4 is 51.7 Å². The van der Waals surface area contributed by atoms with E-state index in [-0.39, 0.29) is 35.9 Å². The molecule has 0 aliphatic heterocycles. The second kappa shape index (κ2) is 23.5. The van der Waals surface area contributed by atoms with Crippen molar-refractivity contribution in [3.8, 4) is 5.75 Å². The summed E-state index contributed by atoms with van der Waals surface area (Å²) >= 11 is 0. The minimum atomic E-state index is -0.248. The van der Waals surface area contributed by atoms with Gasteiger partial charge in [-0.15, -0.1) is 0 Å². The predicted octanol–water partition coefficient (Wildman–Crippen LogP) is 6.40. The predicted molar refractivity (Wildman–Crippen MR) is 217 cm³/mol. The van der Waals surface area contributed by atoms with Crippen LogP contribution in [-0.4, -0.2) is 104 Å². The summed E-state index contributed by atoms with van der Waals surface area (Å²) in [6.45, 7) is 4.00. The van der Waals surface area contributed by atoms with E-state index in [9.17, 15) is 14.7 Å². The van der Waals surface area contributed by atoms with Crippen LogP contribution < -0.4 is 21.3 Å². The number of ketones is 1. The molecular formula is C40H46N10O7. The lowest BCUT2D eigenvalue weighted by Gasteiger charge is -2.13. The first kappa shape index (κ1) is 41.8. The van der Waals surface area contributed by atoms with Crippen molar-refractivity contribution in [2.45, 2.75) is 12.8 Å². The zero-order chi connectivity index (χ0) is 39.9. The maximum absolute atomic E-state index is 12.7. The molecule has 17 nitrogen and oxygen atoms in total. The van der Waals surface area contributed by atoms with E-state index in [1.165, 1.54) is 0 Å². The molecule has 5 N–H and O–H groups in total. The van der Waals surface area contributed by atoms with Crippen LogP contribution in [0.1, 0.15) is 33.6 Å². The number of ether oxygens (including phenoxy) is 4. The van der Waals surface area contributed by atoms with Gasteiger partial charge >= 0.3 is 0 Å². The number of hydrogen-bond donors (Lipinski definition) is 5. The Morgan fingerprint density at radius 3 is 2.05 bits per heavy atom. The average molecular weight is 779 g/mol. The molecule has 0 saturated heterocycles. The molecule has 4 aromatic carbocycles. The number of nitrogens with zero attached hydrogens (tertiary/aromatic N) is 6. The molecule has 0 aliphatic carbocycles. The quantitative estimate of drug-likeness (QED) is 0.0135. The van der Waals surface area contributed by atoms with Crippen molar-refractivity contribution in [2.24, 2.45) is 5.11 Å². The third kappa shape index (κ3) is 14.7. The highest BCUT2D eigenvalue weighted by Crippen LogP contribution is 2.28. The van der Waals surface area contributed by atoms with E-state index in [0.29, 0.717) is 107 Å². The van der Waals surface area contributed by atoms with Gasteiger partial charge in [0.15, 0.2) is 5.78 Å². The van der Waals surface area contributed by atoms with Gasteiger partial charge in [0.1, 0.15) is 5.75 Å². The van der Waals surface area contributed by atoms with Crippen molar-refractivity contribution in [2.75, 3.05) is 88.4 Å². The Morgan fingerprint density at radius 1 is 0.667 bits per heavy atom. The number of carbonyl (C=O) groups is 2. The Labute approximate surface area is 329 Å². The average Bonchev–Trinajstić information content (AvgIpc) is 3.22. The first-order valence-electron chi connectivity index (χ1n) is 18.5. The molecule has 0 spiro atoms. The summed E-state index contributed by atoms with van der Waals surface area (Å²) in [5.74, 6) is 0.872. The second-order valence-corrected chi connectivity index (χ2v) is 12.3. The Bertz CT molecular complexity index is 2070. The maximum Gasteiger partial charge on any atom is 0.251 e. The van der Waals surface area contributed by atoms with Gasteiger partial charge in [-0.1, -0.05) is 47.6 Å². The highest BCUT2D eigenvalue weighted by atomic mass is 16.5. The molecule has 298 valence electrons. The molecule has 5 rings (SSSR count). The normalized spacial score (nSPS) is 10.8. The molecule has 5 aromatic rings. The molecule has 17 heteroatoms. The van der Waals surface area contributed by atoms with Crippen LogP contribution in [0.4, 0.5) is 29.2 Å². The number of benzene rings is 4. The molecule has 1 aromatic heterocycles. The van der Waals surface area contributed by atoms with Crippen molar-refractivity contribution in [1.82, 2.24) is 20.3 Å². The summed E-state index contributed by atoms with van der Waals surface area (Å²) in [5, 5.41) is 27.6. The van der Waals surface area contributed by atoms with Crippen molar-refractivity contribution < 1.29 is 33.6 Å². The topological polar surface area (TPSA) is 227 Å². The smallest absolute Gasteiger partial charge is 0.251 e. The Balaban J connectivity index is 1.09. The number of hydrogen-bond acceptors (Lipinski definition) is 14. The van der Waals surface area contributed by atoms with Crippen LogP contribution >= 0.6 is 0 Å². The molecular weight excluding hydrogens is 733 g/mol. The number of aromatic hydroxyl groups is 1. The highest BCUT2D eigenvalue weighted by Gasteiger charge is 2.11. The van der Waals surface area contributed by atoms with Crippen LogP contribution in [0.15, 0.2) is 96.1 Å². The van der Waals surface area contributed by atoms with Gasteiger partial charge in [0.2, 0.25) is 17.8 Å². The minimum Gasteiger partial charge on any atom is -0.507 e. The molecule has 0 aliphatic rings. The van der Waals surface area contributed by atoms with E-state index in [1.807, 2.05) is 54.6 Å². The van der Waals surface area contributed by atoms with E-state index in [1.54, 1.807) is 36.4 Å². The van der Waals surface area contributed by atoms with E-state index in [0.717, 1.165) is 10.8 Å².